The number of rotatable bonds is 6. The van der Waals surface area contributed by atoms with Crippen LogP contribution in [0, 0.1) is 0 Å². The molecule has 1 aliphatic heterocycles. The van der Waals surface area contributed by atoms with Crippen LogP contribution in [-0.2, 0) is 17.9 Å². The third kappa shape index (κ3) is 4.50. The number of hydrogen-bond acceptors (Lipinski definition) is 3. The Kier molecular flexibility index (Phi) is 5.87. The van der Waals surface area contributed by atoms with E-state index in [2.05, 4.69) is 29.8 Å². The van der Waals surface area contributed by atoms with Crippen LogP contribution in [0.3, 0.4) is 0 Å². The van der Waals surface area contributed by atoms with Gasteiger partial charge in [0, 0.05) is 22.0 Å². The highest BCUT2D eigenvalue weighted by Gasteiger charge is 2.19. The highest BCUT2D eigenvalue weighted by atomic mass is 35.5. The number of nitrogens with one attached hydrogen (secondary N) is 1. The summed E-state index contributed by atoms with van der Waals surface area (Å²) in [5.74, 6) is 0.818. The van der Waals surface area contributed by atoms with Gasteiger partial charge in [-0.15, -0.1) is 0 Å². The van der Waals surface area contributed by atoms with E-state index < -0.39 is 0 Å². The largest absolute Gasteiger partial charge is 0.489 e. The molecule has 3 nitrogen and oxygen atoms in total. The molecule has 0 saturated heterocycles. The second-order valence-electron chi connectivity index (χ2n) is 6.54. The summed E-state index contributed by atoms with van der Waals surface area (Å²) < 4.78 is 6.04. The average molecular weight is 412 g/mol. The maximum Gasteiger partial charge on any atom is 0.123 e. The molecule has 1 N–H and O–H groups in total. The molecule has 0 aromatic heterocycles. The van der Waals surface area contributed by atoms with Crippen molar-refractivity contribution in [2.24, 2.45) is 0 Å². The molecule has 0 aliphatic carbocycles. The normalized spacial score (nSPS) is 15.8. The highest BCUT2D eigenvalue weighted by Crippen LogP contribution is 2.27. The molecule has 4 rings (SSSR count). The van der Waals surface area contributed by atoms with Crippen LogP contribution in [0.25, 0.3) is 5.70 Å². The van der Waals surface area contributed by atoms with Gasteiger partial charge in [0.25, 0.3) is 0 Å². The van der Waals surface area contributed by atoms with Gasteiger partial charge < -0.3 is 4.74 Å². The van der Waals surface area contributed by atoms with Crippen LogP contribution < -0.4 is 10.2 Å². The quantitative estimate of drug-likeness (QED) is 0.534. The number of halogens is 2. The van der Waals surface area contributed by atoms with E-state index in [0.717, 1.165) is 28.1 Å². The molecule has 142 valence electrons. The minimum atomic E-state index is -0.0703. The molecular weight excluding hydrogens is 393 g/mol. The second-order valence-corrected chi connectivity index (χ2v) is 7.38. The van der Waals surface area contributed by atoms with Crippen molar-refractivity contribution in [2.45, 2.75) is 19.1 Å². The number of benzene rings is 3. The fourth-order valence-electron chi connectivity index (χ4n) is 3.09. The fourth-order valence-corrected chi connectivity index (χ4v) is 3.55. The minimum absolute atomic E-state index is 0.0703. The lowest BCUT2D eigenvalue weighted by atomic mass is 10.0. The summed E-state index contributed by atoms with van der Waals surface area (Å²) in [4.78, 5) is 5.74. The zero-order valence-electron chi connectivity index (χ0n) is 15.1. The molecule has 1 atom stereocenters. The Labute approximate surface area is 174 Å². The molecule has 1 heterocycles. The third-order valence-electron chi connectivity index (χ3n) is 4.55. The lowest BCUT2D eigenvalue weighted by molar-refractivity contribution is 0.0515. The molecule has 0 unspecified atom stereocenters. The Hall–Kier alpha value is -2.46. The Morgan fingerprint density at radius 2 is 1.68 bits per heavy atom. The van der Waals surface area contributed by atoms with E-state index in [4.69, 9.17) is 32.8 Å². The Morgan fingerprint density at radius 1 is 0.893 bits per heavy atom. The lowest BCUT2D eigenvalue weighted by Crippen LogP contribution is -2.15. The SMILES string of the molecule is Clc1ccc(COc2ccccc2C[C@@H]2C=C(c3ccccc3)NO2)c(Cl)c1. The lowest BCUT2D eigenvalue weighted by Gasteiger charge is -2.14. The first-order chi connectivity index (χ1) is 13.7. The predicted molar refractivity (Wildman–Crippen MR) is 113 cm³/mol. The first-order valence-electron chi connectivity index (χ1n) is 9.02. The van der Waals surface area contributed by atoms with Gasteiger partial charge in [0.15, 0.2) is 0 Å². The van der Waals surface area contributed by atoms with Crippen LogP contribution in [0.5, 0.6) is 5.75 Å². The van der Waals surface area contributed by atoms with Crippen LogP contribution >= 0.6 is 23.2 Å². The van der Waals surface area contributed by atoms with Crippen molar-refractivity contribution >= 4 is 28.9 Å². The molecule has 3 aromatic rings. The van der Waals surface area contributed by atoms with Gasteiger partial charge in [-0.25, -0.2) is 0 Å². The fraction of sp³-hybridized carbons (Fsp3) is 0.130. The first-order valence-corrected chi connectivity index (χ1v) is 9.78. The van der Waals surface area contributed by atoms with Gasteiger partial charge in [-0.3, -0.25) is 10.3 Å². The van der Waals surface area contributed by atoms with Crippen molar-refractivity contribution in [1.82, 2.24) is 5.48 Å². The molecule has 0 fully saturated rings. The van der Waals surface area contributed by atoms with Crippen molar-refractivity contribution in [3.8, 4) is 5.75 Å². The van der Waals surface area contributed by atoms with Crippen molar-refractivity contribution in [1.29, 1.82) is 0 Å². The summed E-state index contributed by atoms with van der Waals surface area (Å²) in [6.45, 7) is 0.377. The Morgan fingerprint density at radius 3 is 2.50 bits per heavy atom. The van der Waals surface area contributed by atoms with Gasteiger partial charge in [0.2, 0.25) is 0 Å². The molecule has 5 heteroatoms. The van der Waals surface area contributed by atoms with Gasteiger partial charge >= 0.3 is 0 Å². The highest BCUT2D eigenvalue weighted by molar-refractivity contribution is 6.35. The van der Waals surface area contributed by atoms with Crippen LogP contribution in [-0.4, -0.2) is 6.10 Å². The van der Waals surface area contributed by atoms with E-state index in [1.165, 1.54) is 0 Å². The Bertz CT molecular complexity index is 989. The number of hydroxylamine groups is 1. The molecule has 3 aromatic carbocycles. The maximum absolute atomic E-state index is 6.25. The van der Waals surface area contributed by atoms with Gasteiger partial charge in [0.1, 0.15) is 18.5 Å². The molecular formula is C23H19Cl2NO2. The molecule has 28 heavy (non-hydrogen) atoms. The van der Waals surface area contributed by atoms with Crippen LogP contribution in [0.15, 0.2) is 78.9 Å². The Balaban J connectivity index is 1.45. The van der Waals surface area contributed by atoms with Gasteiger partial charge in [0.05, 0.1) is 5.70 Å². The zero-order valence-corrected chi connectivity index (χ0v) is 16.6. The minimum Gasteiger partial charge on any atom is -0.489 e. The second kappa shape index (κ2) is 8.70. The van der Waals surface area contributed by atoms with E-state index >= 15 is 0 Å². The zero-order chi connectivity index (χ0) is 19.3. The predicted octanol–water partition coefficient (Wildman–Crippen LogP) is 6.06. The smallest absolute Gasteiger partial charge is 0.123 e. The number of para-hydroxylation sites is 1. The summed E-state index contributed by atoms with van der Waals surface area (Å²) in [7, 11) is 0. The van der Waals surface area contributed by atoms with E-state index in [1.54, 1.807) is 6.07 Å². The van der Waals surface area contributed by atoms with Crippen LogP contribution in [0.1, 0.15) is 16.7 Å². The standard InChI is InChI=1S/C23H19Cl2NO2/c24-19-11-10-18(21(25)13-19)15-27-23-9-5-4-8-17(23)12-20-14-22(26-28-20)16-6-2-1-3-7-16/h1-11,13-14,20,26H,12,15H2/t20-/m1/s1. The average Bonchev–Trinajstić information content (AvgIpc) is 3.18. The number of hydrogen-bond donors (Lipinski definition) is 1. The number of ether oxygens (including phenoxy) is 1. The van der Waals surface area contributed by atoms with Gasteiger partial charge in [-0.05, 0) is 35.4 Å². The van der Waals surface area contributed by atoms with Gasteiger partial charge in [-0.1, -0.05) is 77.8 Å². The van der Waals surface area contributed by atoms with Crippen molar-refractivity contribution in [3.05, 3.63) is 106 Å². The summed E-state index contributed by atoms with van der Waals surface area (Å²) in [6.07, 6.45) is 2.73. The summed E-state index contributed by atoms with van der Waals surface area (Å²) in [6, 6.07) is 23.5. The molecule has 0 saturated carbocycles. The summed E-state index contributed by atoms with van der Waals surface area (Å²) in [5.41, 5.74) is 7.08. The third-order valence-corrected chi connectivity index (χ3v) is 5.14. The first kappa shape index (κ1) is 18.9. The monoisotopic (exact) mass is 411 g/mol. The van der Waals surface area contributed by atoms with Crippen LogP contribution in [0.4, 0.5) is 0 Å². The van der Waals surface area contributed by atoms with Crippen molar-refractivity contribution in [2.75, 3.05) is 0 Å². The summed E-state index contributed by atoms with van der Waals surface area (Å²) in [5, 5.41) is 1.21. The summed E-state index contributed by atoms with van der Waals surface area (Å²) >= 11 is 12.2. The molecule has 1 aliphatic rings. The molecule has 0 bridgehead atoms. The van der Waals surface area contributed by atoms with Gasteiger partial charge in [-0.2, -0.15) is 0 Å². The molecule has 0 amide bonds. The van der Waals surface area contributed by atoms with E-state index in [0.29, 0.717) is 23.1 Å². The van der Waals surface area contributed by atoms with E-state index in [9.17, 15) is 0 Å². The van der Waals surface area contributed by atoms with Crippen LogP contribution in [0.2, 0.25) is 10.0 Å². The van der Waals surface area contributed by atoms with E-state index in [-0.39, 0.29) is 6.10 Å². The topological polar surface area (TPSA) is 30.5 Å². The molecule has 0 spiro atoms. The molecule has 0 radical (unpaired) electrons. The van der Waals surface area contributed by atoms with Crippen molar-refractivity contribution in [3.63, 3.8) is 0 Å². The maximum atomic E-state index is 6.25. The van der Waals surface area contributed by atoms with Crippen molar-refractivity contribution < 1.29 is 9.57 Å². The van der Waals surface area contributed by atoms with E-state index in [1.807, 2.05) is 48.5 Å².